The molecular weight excluding hydrogens is 167 g/mol. The van der Waals surface area contributed by atoms with Gasteiger partial charge in [0.2, 0.25) is 0 Å². The third-order valence-electron chi connectivity index (χ3n) is 1.38. The van der Waals surface area contributed by atoms with E-state index < -0.39 is 12.8 Å². The van der Waals surface area contributed by atoms with Crippen LogP contribution in [0.4, 0.5) is 4.39 Å². The molecule has 0 amide bonds. The summed E-state index contributed by atoms with van der Waals surface area (Å²) >= 11 is 5.61. The van der Waals surface area contributed by atoms with Crippen molar-refractivity contribution in [2.75, 3.05) is 6.67 Å². The van der Waals surface area contributed by atoms with Crippen molar-refractivity contribution in [1.29, 1.82) is 0 Å². The molecule has 1 aromatic rings. The van der Waals surface area contributed by atoms with Crippen LogP contribution in [-0.2, 0) is 0 Å². The van der Waals surface area contributed by atoms with Crippen molar-refractivity contribution < 1.29 is 9.50 Å². The van der Waals surface area contributed by atoms with Crippen LogP contribution in [0, 0.1) is 0 Å². The molecule has 0 bridgehead atoms. The highest BCUT2D eigenvalue weighted by Crippen LogP contribution is 2.17. The highest BCUT2D eigenvalue weighted by molar-refractivity contribution is 6.30. The van der Waals surface area contributed by atoms with Gasteiger partial charge in [-0.1, -0.05) is 23.7 Å². The van der Waals surface area contributed by atoms with E-state index in [4.69, 9.17) is 16.7 Å². The third-order valence-corrected chi connectivity index (χ3v) is 1.61. The summed E-state index contributed by atoms with van der Waals surface area (Å²) in [6, 6.07) is 6.54. The molecule has 0 aliphatic heterocycles. The maximum absolute atomic E-state index is 11.9. The lowest BCUT2D eigenvalue weighted by Gasteiger charge is -2.05. The highest BCUT2D eigenvalue weighted by atomic mass is 35.5. The van der Waals surface area contributed by atoms with Crippen molar-refractivity contribution in [1.82, 2.24) is 0 Å². The summed E-state index contributed by atoms with van der Waals surface area (Å²) in [6.45, 7) is -0.777. The average molecular weight is 175 g/mol. The lowest BCUT2D eigenvalue weighted by atomic mass is 10.1. The van der Waals surface area contributed by atoms with Gasteiger partial charge in [0.15, 0.2) is 0 Å². The Morgan fingerprint density at radius 3 is 2.82 bits per heavy atom. The van der Waals surface area contributed by atoms with Crippen molar-refractivity contribution in [3.8, 4) is 0 Å². The molecule has 3 heteroatoms. The van der Waals surface area contributed by atoms with Crippen LogP contribution < -0.4 is 0 Å². The van der Waals surface area contributed by atoms with Gasteiger partial charge < -0.3 is 5.11 Å². The first-order valence-electron chi connectivity index (χ1n) is 3.23. The summed E-state index contributed by atoms with van der Waals surface area (Å²) in [5.74, 6) is 0. The molecule has 0 saturated heterocycles. The van der Waals surface area contributed by atoms with Crippen molar-refractivity contribution in [2.45, 2.75) is 6.10 Å². The molecule has 1 aromatic carbocycles. The maximum atomic E-state index is 11.9. The molecule has 0 unspecified atom stereocenters. The highest BCUT2D eigenvalue weighted by Gasteiger charge is 2.05. The van der Waals surface area contributed by atoms with Crippen LogP contribution in [-0.4, -0.2) is 11.8 Å². The number of halogens is 2. The third kappa shape index (κ3) is 2.17. The molecule has 0 fully saturated rings. The Hall–Kier alpha value is -0.600. The zero-order valence-corrected chi connectivity index (χ0v) is 6.55. The summed E-state index contributed by atoms with van der Waals surface area (Å²) < 4.78 is 11.9. The quantitative estimate of drug-likeness (QED) is 0.730. The number of alkyl halides is 1. The molecule has 11 heavy (non-hydrogen) atoms. The van der Waals surface area contributed by atoms with E-state index in [0.29, 0.717) is 10.6 Å². The summed E-state index contributed by atoms with van der Waals surface area (Å²) in [6.07, 6.45) is -1.05. The van der Waals surface area contributed by atoms with E-state index >= 15 is 0 Å². The Balaban J connectivity index is 2.86. The van der Waals surface area contributed by atoms with Gasteiger partial charge in [0.05, 0.1) is 0 Å². The second kappa shape index (κ2) is 3.69. The SMILES string of the molecule is O[C@@H](CF)c1cccc(Cl)c1. The Morgan fingerprint density at radius 2 is 2.27 bits per heavy atom. The smallest absolute Gasteiger partial charge is 0.119 e. The zero-order valence-electron chi connectivity index (χ0n) is 5.80. The van der Waals surface area contributed by atoms with E-state index in [0.717, 1.165) is 0 Å². The number of benzene rings is 1. The Labute approximate surface area is 69.4 Å². The maximum Gasteiger partial charge on any atom is 0.119 e. The molecule has 1 nitrogen and oxygen atoms in total. The lowest BCUT2D eigenvalue weighted by Crippen LogP contribution is -1.98. The second-order valence-corrected chi connectivity index (χ2v) is 2.66. The van der Waals surface area contributed by atoms with Crippen molar-refractivity contribution >= 4 is 11.6 Å². The molecule has 1 N–H and O–H groups in total. The van der Waals surface area contributed by atoms with Crippen LogP contribution in [0.3, 0.4) is 0 Å². The standard InChI is InChI=1S/C8H8ClFO/c9-7-3-1-2-6(4-7)8(11)5-10/h1-4,8,11H,5H2/t8-/m0/s1. The molecule has 0 saturated carbocycles. The fourth-order valence-corrected chi connectivity index (χ4v) is 1.00. The fourth-order valence-electron chi connectivity index (χ4n) is 0.803. The fraction of sp³-hybridized carbons (Fsp3) is 0.250. The monoisotopic (exact) mass is 174 g/mol. The summed E-state index contributed by atoms with van der Waals surface area (Å²) in [4.78, 5) is 0. The molecule has 1 rings (SSSR count). The van der Waals surface area contributed by atoms with Crippen LogP contribution in [0.1, 0.15) is 11.7 Å². The predicted octanol–water partition coefficient (Wildman–Crippen LogP) is 2.34. The normalized spacial score (nSPS) is 13.0. The van der Waals surface area contributed by atoms with E-state index in [1.807, 2.05) is 0 Å². The van der Waals surface area contributed by atoms with E-state index in [9.17, 15) is 4.39 Å². The minimum absolute atomic E-state index is 0.509. The molecular formula is C8H8ClFO. The average Bonchev–Trinajstić information content (AvgIpc) is 2.03. The van der Waals surface area contributed by atoms with Crippen LogP contribution in [0.5, 0.6) is 0 Å². The number of hydrogen-bond donors (Lipinski definition) is 1. The van der Waals surface area contributed by atoms with Gasteiger partial charge in [-0.05, 0) is 17.7 Å². The molecule has 0 spiro atoms. The predicted molar refractivity (Wildman–Crippen MR) is 42.4 cm³/mol. The zero-order chi connectivity index (χ0) is 8.27. The van der Waals surface area contributed by atoms with Crippen LogP contribution in [0.2, 0.25) is 5.02 Å². The summed E-state index contributed by atoms with van der Waals surface area (Å²) in [7, 11) is 0. The van der Waals surface area contributed by atoms with E-state index in [1.165, 1.54) is 0 Å². The molecule has 0 radical (unpaired) electrons. The van der Waals surface area contributed by atoms with Crippen molar-refractivity contribution in [3.63, 3.8) is 0 Å². The topological polar surface area (TPSA) is 20.2 Å². The largest absolute Gasteiger partial charge is 0.386 e. The number of hydrogen-bond acceptors (Lipinski definition) is 1. The van der Waals surface area contributed by atoms with Gasteiger partial charge in [-0.25, -0.2) is 4.39 Å². The first kappa shape index (κ1) is 8.50. The number of rotatable bonds is 2. The molecule has 0 aliphatic carbocycles. The van der Waals surface area contributed by atoms with Gasteiger partial charge in [-0.2, -0.15) is 0 Å². The molecule has 0 aliphatic rings. The van der Waals surface area contributed by atoms with Gasteiger partial charge in [-0.3, -0.25) is 0 Å². The van der Waals surface area contributed by atoms with Gasteiger partial charge in [0.1, 0.15) is 12.8 Å². The summed E-state index contributed by atoms with van der Waals surface area (Å²) in [5, 5.41) is 9.53. The van der Waals surface area contributed by atoms with Gasteiger partial charge in [-0.15, -0.1) is 0 Å². The minimum Gasteiger partial charge on any atom is -0.386 e. The summed E-state index contributed by atoms with van der Waals surface area (Å²) in [5.41, 5.74) is 0.514. The first-order chi connectivity index (χ1) is 5.24. The molecule has 1 atom stereocenters. The van der Waals surface area contributed by atoms with Crippen LogP contribution in [0.15, 0.2) is 24.3 Å². The van der Waals surface area contributed by atoms with E-state index in [1.54, 1.807) is 24.3 Å². The first-order valence-corrected chi connectivity index (χ1v) is 3.61. The minimum atomic E-state index is -1.05. The van der Waals surface area contributed by atoms with Gasteiger partial charge in [0.25, 0.3) is 0 Å². The number of aliphatic hydroxyl groups is 1. The van der Waals surface area contributed by atoms with Gasteiger partial charge in [0, 0.05) is 5.02 Å². The van der Waals surface area contributed by atoms with E-state index in [-0.39, 0.29) is 0 Å². The van der Waals surface area contributed by atoms with Gasteiger partial charge >= 0.3 is 0 Å². The van der Waals surface area contributed by atoms with Crippen molar-refractivity contribution in [2.24, 2.45) is 0 Å². The van der Waals surface area contributed by atoms with Crippen molar-refractivity contribution in [3.05, 3.63) is 34.9 Å². The van der Waals surface area contributed by atoms with Crippen LogP contribution >= 0.6 is 11.6 Å². The van der Waals surface area contributed by atoms with E-state index in [2.05, 4.69) is 0 Å². The molecule has 0 aromatic heterocycles. The number of aliphatic hydroxyl groups excluding tert-OH is 1. The Bertz CT molecular complexity index is 239. The Kier molecular flexibility index (Phi) is 2.85. The molecule has 0 heterocycles. The second-order valence-electron chi connectivity index (χ2n) is 2.23. The lowest BCUT2D eigenvalue weighted by molar-refractivity contribution is 0.142. The molecule has 60 valence electrons. The van der Waals surface area contributed by atoms with Crippen LogP contribution in [0.25, 0.3) is 0 Å². The Morgan fingerprint density at radius 1 is 1.55 bits per heavy atom.